The number of alkyl carbamates (subject to hydrolysis) is 1. The van der Waals surface area contributed by atoms with E-state index in [2.05, 4.69) is 28.4 Å². The minimum absolute atomic E-state index is 0.00500. The number of nitrogens with one attached hydrogen (secondary N) is 1. The molecule has 4 aliphatic rings. The summed E-state index contributed by atoms with van der Waals surface area (Å²) in [5.41, 5.74) is 4.52. The minimum atomic E-state index is -0.288. The molecule has 0 spiro atoms. The molecule has 1 amide bonds. The topological polar surface area (TPSA) is 41.6 Å². The average molecular weight is 394 g/mol. The summed E-state index contributed by atoms with van der Waals surface area (Å²) in [5, 5.41) is 3.12. The van der Waals surface area contributed by atoms with Crippen molar-refractivity contribution in [3.63, 3.8) is 0 Å². The van der Waals surface area contributed by atoms with Gasteiger partial charge in [0.1, 0.15) is 11.9 Å². The van der Waals surface area contributed by atoms with E-state index in [1.165, 1.54) is 23.3 Å². The number of nitrogens with zero attached hydrogens (tertiary/aromatic N) is 1. The Morgan fingerprint density at radius 1 is 1.03 bits per heavy atom. The van der Waals surface area contributed by atoms with Crippen LogP contribution in [-0.2, 0) is 11.2 Å². The number of halogens is 1. The maximum atomic E-state index is 13.2. The smallest absolute Gasteiger partial charge is 0.407 e. The number of hydrogen-bond acceptors (Lipinski definition) is 3. The molecule has 0 aromatic heterocycles. The summed E-state index contributed by atoms with van der Waals surface area (Å²) in [7, 11) is 0. The molecule has 3 saturated heterocycles. The van der Waals surface area contributed by atoms with Gasteiger partial charge in [0, 0.05) is 6.54 Å². The van der Waals surface area contributed by atoms with E-state index in [9.17, 15) is 9.18 Å². The summed E-state index contributed by atoms with van der Waals surface area (Å²) in [4.78, 5) is 15.0. The van der Waals surface area contributed by atoms with E-state index in [0.29, 0.717) is 5.92 Å². The van der Waals surface area contributed by atoms with Gasteiger partial charge in [0.05, 0.1) is 6.04 Å². The molecule has 1 N–H and O–H groups in total. The van der Waals surface area contributed by atoms with E-state index in [4.69, 9.17) is 4.74 Å². The monoisotopic (exact) mass is 394 g/mol. The van der Waals surface area contributed by atoms with E-state index < -0.39 is 0 Å². The zero-order valence-corrected chi connectivity index (χ0v) is 16.6. The van der Waals surface area contributed by atoms with Crippen molar-refractivity contribution in [2.45, 2.75) is 44.2 Å². The van der Waals surface area contributed by atoms with E-state index in [-0.39, 0.29) is 24.1 Å². The molecule has 2 bridgehead atoms. The van der Waals surface area contributed by atoms with Gasteiger partial charge in [-0.2, -0.15) is 0 Å². The third-order valence-electron chi connectivity index (χ3n) is 6.78. The SMILES string of the molecule is O=C(NC1CCCc2cc(-c3ccc(F)cc3)ccc21)O[C@H]1CN2CCC1CC2. The number of amides is 1. The van der Waals surface area contributed by atoms with Crippen molar-refractivity contribution >= 4 is 6.09 Å². The number of fused-ring (bicyclic) bond motifs is 4. The molecule has 2 aromatic carbocycles. The fraction of sp³-hybridized carbons (Fsp3) is 0.458. The van der Waals surface area contributed by atoms with Crippen LogP contribution in [0.5, 0.6) is 0 Å². The Hall–Kier alpha value is -2.40. The van der Waals surface area contributed by atoms with Crippen LogP contribution in [0.2, 0.25) is 0 Å². The van der Waals surface area contributed by atoms with Crippen molar-refractivity contribution in [2.75, 3.05) is 19.6 Å². The Bertz CT molecular complexity index is 890. The first-order valence-electron chi connectivity index (χ1n) is 10.7. The van der Waals surface area contributed by atoms with E-state index in [1.54, 1.807) is 12.1 Å². The number of aryl methyl sites for hydroxylation is 1. The van der Waals surface area contributed by atoms with Gasteiger partial charge < -0.3 is 10.1 Å². The van der Waals surface area contributed by atoms with Crippen LogP contribution in [0.4, 0.5) is 9.18 Å². The van der Waals surface area contributed by atoms with Crippen molar-refractivity contribution in [3.8, 4) is 11.1 Å². The summed E-state index contributed by atoms with van der Waals surface area (Å²) in [5.74, 6) is 0.292. The predicted octanol–water partition coefficient (Wildman–Crippen LogP) is 4.69. The van der Waals surface area contributed by atoms with Gasteiger partial charge in [-0.25, -0.2) is 9.18 Å². The molecule has 1 aliphatic carbocycles. The number of benzene rings is 2. The maximum absolute atomic E-state index is 13.2. The lowest BCUT2D eigenvalue weighted by Crippen LogP contribution is -2.52. The highest BCUT2D eigenvalue weighted by atomic mass is 19.1. The number of ether oxygens (including phenoxy) is 1. The quantitative estimate of drug-likeness (QED) is 0.821. The molecule has 1 unspecified atom stereocenters. The zero-order valence-electron chi connectivity index (χ0n) is 16.6. The molecule has 0 radical (unpaired) electrons. The van der Waals surface area contributed by atoms with Crippen LogP contribution < -0.4 is 5.32 Å². The number of rotatable bonds is 3. The third kappa shape index (κ3) is 3.88. The molecular weight excluding hydrogens is 367 g/mol. The van der Waals surface area contributed by atoms with E-state index in [1.807, 2.05) is 0 Å². The van der Waals surface area contributed by atoms with Crippen LogP contribution in [-0.4, -0.2) is 36.7 Å². The van der Waals surface area contributed by atoms with Gasteiger partial charge in [-0.3, -0.25) is 4.90 Å². The van der Waals surface area contributed by atoms with Gasteiger partial charge >= 0.3 is 6.09 Å². The molecule has 0 saturated carbocycles. The van der Waals surface area contributed by atoms with Gasteiger partial charge in [0.15, 0.2) is 0 Å². The van der Waals surface area contributed by atoms with Crippen LogP contribution >= 0.6 is 0 Å². The normalized spacial score (nSPS) is 27.9. The first-order chi connectivity index (χ1) is 14.2. The van der Waals surface area contributed by atoms with Gasteiger partial charge in [-0.1, -0.05) is 30.3 Å². The fourth-order valence-corrected chi connectivity index (χ4v) is 5.14. The van der Waals surface area contributed by atoms with Crippen LogP contribution in [0.1, 0.15) is 42.9 Å². The predicted molar refractivity (Wildman–Crippen MR) is 110 cm³/mol. The molecule has 2 aromatic rings. The summed E-state index contributed by atoms with van der Waals surface area (Å²) in [6, 6.07) is 12.9. The highest BCUT2D eigenvalue weighted by Crippen LogP contribution is 2.34. The maximum Gasteiger partial charge on any atom is 0.407 e. The molecule has 3 fully saturated rings. The second-order valence-electron chi connectivity index (χ2n) is 8.59. The Morgan fingerprint density at radius 3 is 2.52 bits per heavy atom. The number of hydrogen-bond donors (Lipinski definition) is 1. The second-order valence-corrected chi connectivity index (χ2v) is 8.59. The van der Waals surface area contributed by atoms with Crippen LogP contribution in [0, 0.1) is 11.7 Å². The summed E-state index contributed by atoms with van der Waals surface area (Å²) < 4.78 is 19.0. The standard InChI is InChI=1S/C24H27FN2O2/c25-20-7-4-16(5-8-20)18-6-9-21-19(14-18)2-1-3-22(21)26-24(28)29-23-15-27-12-10-17(23)11-13-27/h4-9,14,17,22-23H,1-3,10-13,15H2,(H,26,28)/t22?,23-/m0/s1. The van der Waals surface area contributed by atoms with Crippen molar-refractivity contribution in [1.82, 2.24) is 10.2 Å². The van der Waals surface area contributed by atoms with Crippen LogP contribution in [0.3, 0.4) is 0 Å². The van der Waals surface area contributed by atoms with E-state index >= 15 is 0 Å². The van der Waals surface area contributed by atoms with Gasteiger partial charge in [-0.15, -0.1) is 0 Å². The minimum Gasteiger partial charge on any atom is -0.445 e. The zero-order chi connectivity index (χ0) is 19.8. The van der Waals surface area contributed by atoms with E-state index in [0.717, 1.165) is 62.9 Å². The largest absolute Gasteiger partial charge is 0.445 e. The molecular formula is C24H27FN2O2. The first kappa shape index (κ1) is 18.6. The number of carbonyl (C=O) groups excluding carboxylic acids is 1. The second kappa shape index (κ2) is 7.79. The molecule has 2 atom stereocenters. The van der Waals surface area contributed by atoms with Crippen molar-refractivity contribution < 1.29 is 13.9 Å². The Morgan fingerprint density at radius 2 is 1.79 bits per heavy atom. The summed E-state index contributed by atoms with van der Waals surface area (Å²) in [6.07, 6.45) is 4.97. The fourth-order valence-electron chi connectivity index (χ4n) is 5.14. The van der Waals surface area contributed by atoms with Crippen molar-refractivity contribution in [1.29, 1.82) is 0 Å². The van der Waals surface area contributed by atoms with Crippen molar-refractivity contribution in [3.05, 3.63) is 59.4 Å². The van der Waals surface area contributed by atoms with Gasteiger partial charge in [0.2, 0.25) is 0 Å². The Balaban J connectivity index is 1.28. The Labute approximate surface area is 171 Å². The van der Waals surface area contributed by atoms with Gasteiger partial charge in [0.25, 0.3) is 0 Å². The highest BCUT2D eigenvalue weighted by molar-refractivity contribution is 5.69. The number of piperidine rings is 3. The Kier molecular flexibility index (Phi) is 5.00. The number of carbonyl (C=O) groups is 1. The summed E-state index contributed by atoms with van der Waals surface area (Å²) in [6.45, 7) is 3.15. The molecule has 4 nitrogen and oxygen atoms in total. The van der Waals surface area contributed by atoms with Crippen LogP contribution in [0.15, 0.2) is 42.5 Å². The highest BCUT2D eigenvalue weighted by Gasteiger charge is 2.37. The lowest BCUT2D eigenvalue weighted by atomic mass is 9.85. The molecule has 152 valence electrons. The van der Waals surface area contributed by atoms with Gasteiger partial charge in [-0.05, 0) is 85.5 Å². The third-order valence-corrected chi connectivity index (χ3v) is 6.78. The lowest BCUT2D eigenvalue weighted by Gasteiger charge is -2.44. The summed E-state index contributed by atoms with van der Waals surface area (Å²) >= 11 is 0. The average Bonchev–Trinajstić information content (AvgIpc) is 2.75. The first-order valence-corrected chi connectivity index (χ1v) is 10.7. The molecule has 3 aliphatic heterocycles. The van der Waals surface area contributed by atoms with Crippen LogP contribution in [0.25, 0.3) is 11.1 Å². The molecule has 29 heavy (non-hydrogen) atoms. The lowest BCUT2D eigenvalue weighted by molar-refractivity contribution is -0.0340. The molecule has 6 rings (SSSR count). The molecule has 3 heterocycles. The molecule has 5 heteroatoms. The van der Waals surface area contributed by atoms with Crippen molar-refractivity contribution in [2.24, 2.45) is 5.92 Å².